The SMILES string of the molecule is [C-]#[N+]/C(C(=O)c1cccs1)=C1/CCCN1. The molecule has 76 valence electrons. The second-order valence-corrected chi connectivity index (χ2v) is 4.22. The molecule has 1 aliphatic rings. The Balaban J connectivity index is 2.33. The number of carbonyl (C=O) groups excluding carboxylic acids is 1. The number of ketones is 1. The lowest BCUT2D eigenvalue weighted by Gasteiger charge is -2.01. The lowest BCUT2D eigenvalue weighted by atomic mass is 10.2. The van der Waals surface area contributed by atoms with Gasteiger partial charge in [0.1, 0.15) is 0 Å². The summed E-state index contributed by atoms with van der Waals surface area (Å²) in [5.41, 5.74) is 1.07. The summed E-state index contributed by atoms with van der Waals surface area (Å²) in [7, 11) is 0. The first-order valence-corrected chi connectivity index (χ1v) is 5.63. The molecule has 1 aromatic rings. The van der Waals surface area contributed by atoms with Crippen molar-refractivity contribution in [1.29, 1.82) is 0 Å². The smallest absolute Gasteiger partial charge is 0.253 e. The largest absolute Gasteiger partial charge is 0.397 e. The minimum Gasteiger partial charge on any atom is -0.397 e. The van der Waals surface area contributed by atoms with E-state index in [0.717, 1.165) is 25.1 Å². The second kappa shape index (κ2) is 4.28. The molecule has 4 heteroatoms. The van der Waals surface area contributed by atoms with Gasteiger partial charge in [-0.05, 0) is 24.3 Å². The van der Waals surface area contributed by atoms with Crippen molar-refractivity contribution in [2.24, 2.45) is 0 Å². The topological polar surface area (TPSA) is 33.5 Å². The molecule has 2 rings (SSSR count). The molecule has 0 aliphatic carbocycles. The summed E-state index contributed by atoms with van der Waals surface area (Å²) in [5, 5.41) is 4.95. The van der Waals surface area contributed by atoms with Crippen LogP contribution in [0.4, 0.5) is 0 Å². The maximum Gasteiger partial charge on any atom is 0.253 e. The number of allylic oxidation sites excluding steroid dienone is 2. The number of nitrogens with one attached hydrogen (secondary N) is 1. The van der Waals surface area contributed by atoms with Gasteiger partial charge in [0.2, 0.25) is 5.78 Å². The molecule has 0 amide bonds. The number of Topliss-reactive ketones (excluding diaryl/α,β-unsaturated/α-hetero) is 1. The van der Waals surface area contributed by atoms with E-state index in [-0.39, 0.29) is 11.5 Å². The van der Waals surface area contributed by atoms with Gasteiger partial charge in [0.15, 0.2) is 0 Å². The Morgan fingerprint density at radius 3 is 3.00 bits per heavy atom. The summed E-state index contributed by atoms with van der Waals surface area (Å²) < 4.78 is 0. The number of rotatable bonds is 2. The maximum absolute atomic E-state index is 11.9. The summed E-state index contributed by atoms with van der Waals surface area (Å²) >= 11 is 1.38. The van der Waals surface area contributed by atoms with E-state index in [4.69, 9.17) is 6.57 Å². The highest BCUT2D eigenvalue weighted by molar-refractivity contribution is 7.12. The second-order valence-electron chi connectivity index (χ2n) is 3.28. The number of hydrogen-bond acceptors (Lipinski definition) is 3. The van der Waals surface area contributed by atoms with E-state index >= 15 is 0 Å². The fraction of sp³-hybridized carbons (Fsp3) is 0.273. The van der Waals surface area contributed by atoms with Crippen LogP contribution in [0, 0.1) is 6.57 Å². The van der Waals surface area contributed by atoms with Gasteiger partial charge in [-0.3, -0.25) is 0 Å². The van der Waals surface area contributed by atoms with Crippen molar-refractivity contribution < 1.29 is 4.79 Å². The summed E-state index contributed by atoms with van der Waals surface area (Å²) in [6.45, 7) is 7.94. The standard InChI is InChI=1S/C11H10N2OS/c1-12-10(8-4-2-6-13-8)11(14)9-5-3-7-15-9/h3,5,7,13H,2,4,6H2/b10-8-. The van der Waals surface area contributed by atoms with Crippen molar-refractivity contribution in [3.8, 4) is 0 Å². The lowest BCUT2D eigenvalue weighted by molar-refractivity contribution is 0.104. The molecule has 0 saturated carbocycles. The fourth-order valence-electron chi connectivity index (χ4n) is 1.57. The molecule has 2 heterocycles. The molecular weight excluding hydrogens is 208 g/mol. The van der Waals surface area contributed by atoms with E-state index in [1.54, 1.807) is 6.07 Å². The summed E-state index contributed by atoms with van der Waals surface area (Å²) in [6.07, 6.45) is 1.82. The molecule has 1 aliphatic heterocycles. The Morgan fingerprint density at radius 1 is 1.60 bits per heavy atom. The zero-order valence-electron chi connectivity index (χ0n) is 8.12. The van der Waals surface area contributed by atoms with Gasteiger partial charge in [-0.15, -0.1) is 11.3 Å². The van der Waals surface area contributed by atoms with Crippen molar-refractivity contribution in [2.75, 3.05) is 6.54 Å². The molecular formula is C11H10N2OS. The molecule has 0 bridgehead atoms. The third-order valence-corrected chi connectivity index (χ3v) is 3.17. The van der Waals surface area contributed by atoms with Crippen LogP contribution in [0.5, 0.6) is 0 Å². The third-order valence-electron chi connectivity index (χ3n) is 2.30. The van der Waals surface area contributed by atoms with Crippen molar-refractivity contribution in [1.82, 2.24) is 5.32 Å². The molecule has 0 unspecified atom stereocenters. The first kappa shape index (κ1) is 9.94. The minimum atomic E-state index is -0.149. The van der Waals surface area contributed by atoms with Crippen LogP contribution in [0.1, 0.15) is 22.5 Å². The molecule has 0 radical (unpaired) electrons. The molecule has 15 heavy (non-hydrogen) atoms. The molecule has 0 atom stereocenters. The molecule has 3 nitrogen and oxygen atoms in total. The van der Waals surface area contributed by atoms with E-state index in [2.05, 4.69) is 10.2 Å². The average molecular weight is 218 g/mol. The Bertz CT molecular complexity index is 432. The monoisotopic (exact) mass is 218 g/mol. The van der Waals surface area contributed by atoms with Crippen molar-refractivity contribution in [3.63, 3.8) is 0 Å². The van der Waals surface area contributed by atoms with Gasteiger partial charge in [0, 0.05) is 12.2 Å². The molecule has 1 fully saturated rings. The molecule has 1 aromatic heterocycles. The van der Waals surface area contributed by atoms with Gasteiger partial charge < -0.3 is 10.1 Å². The van der Waals surface area contributed by atoms with Gasteiger partial charge in [-0.2, -0.15) is 0 Å². The normalized spacial score (nSPS) is 18.1. The fourth-order valence-corrected chi connectivity index (χ4v) is 2.24. The van der Waals surface area contributed by atoms with Crippen LogP contribution in [-0.2, 0) is 0 Å². The van der Waals surface area contributed by atoms with Gasteiger partial charge in [0.25, 0.3) is 5.70 Å². The van der Waals surface area contributed by atoms with Crippen LogP contribution in [-0.4, -0.2) is 12.3 Å². The molecule has 1 N–H and O–H groups in total. The van der Waals surface area contributed by atoms with Gasteiger partial charge in [-0.25, -0.2) is 4.85 Å². The predicted molar refractivity (Wildman–Crippen MR) is 59.5 cm³/mol. The van der Waals surface area contributed by atoms with Crippen molar-refractivity contribution >= 4 is 17.1 Å². The van der Waals surface area contributed by atoms with Crippen LogP contribution in [0.25, 0.3) is 4.85 Å². The van der Waals surface area contributed by atoms with Crippen molar-refractivity contribution in [2.45, 2.75) is 12.8 Å². The van der Waals surface area contributed by atoms with E-state index in [1.807, 2.05) is 11.4 Å². The van der Waals surface area contributed by atoms with E-state index in [0.29, 0.717) is 4.88 Å². The predicted octanol–water partition coefficient (Wildman–Crippen LogP) is 2.45. The van der Waals surface area contributed by atoms with Crippen LogP contribution in [0.15, 0.2) is 28.9 Å². The maximum atomic E-state index is 11.9. The summed E-state index contributed by atoms with van der Waals surface area (Å²) in [6, 6.07) is 3.58. The molecule has 0 spiro atoms. The third kappa shape index (κ3) is 1.92. The minimum absolute atomic E-state index is 0.149. The Hall–Kier alpha value is -1.60. The highest BCUT2D eigenvalue weighted by Crippen LogP contribution is 2.21. The van der Waals surface area contributed by atoms with Crippen LogP contribution in [0.2, 0.25) is 0 Å². The van der Waals surface area contributed by atoms with Gasteiger partial charge >= 0.3 is 0 Å². The Kier molecular flexibility index (Phi) is 2.84. The first-order chi connectivity index (χ1) is 7.33. The number of hydrogen-bond donors (Lipinski definition) is 1. The van der Waals surface area contributed by atoms with Gasteiger partial charge in [-0.1, -0.05) is 6.07 Å². The number of carbonyl (C=O) groups is 1. The molecule has 0 aromatic carbocycles. The number of nitrogens with zero attached hydrogens (tertiary/aromatic N) is 1. The zero-order chi connectivity index (χ0) is 10.7. The molecule has 1 saturated heterocycles. The lowest BCUT2D eigenvalue weighted by Crippen LogP contribution is -2.10. The summed E-state index contributed by atoms with van der Waals surface area (Å²) in [5.74, 6) is -0.149. The summed E-state index contributed by atoms with van der Waals surface area (Å²) in [4.78, 5) is 15.9. The quantitative estimate of drug-likeness (QED) is 0.470. The number of thiophene rings is 1. The van der Waals surface area contributed by atoms with Crippen LogP contribution < -0.4 is 5.32 Å². The van der Waals surface area contributed by atoms with E-state index in [1.165, 1.54) is 11.3 Å². The highest BCUT2D eigenvalue weighted by Gasteiger charge is 2.20. The average Bonchev–Trinajstić information content (AvgIpc) is 2.91. The van der Waals surface area contributed by atoms with Crippen LogP contribution >= 0.6 is 11.3 Å². The van der Waals surface area contributed by atoms with E-state index < -0.39 is 0 Å². The first-order valence-electron chi connectivity index (χ1n) is 4.75. The zero-order valence-corrected chi connectivity index (χ0v) is 8.93. The Labute approximate surface area is 92.2 Å². The van der Waals surface area contributed by atoms with Crippen molar-refractivity contribution in [3.05, 3.63) is 45.2 Å². The van der Waals surface area contributed by atoms with Gasteiger partial charge in [0.05, 0.1) is 11.4 Å². The Morgan fingerprint density at radius 2 is 2.47 bits per heavy atom. The van der Waals surface area contributed by atoms with Crippen LogP contribution in [0.3, 0.4) is 0 Å². The highest BCUT2D eigenvalue weighted by atomic mass is 32.1. The van der Waals surface area contributed by atoms with E-state index in [9.17, 15) is 4.79 Å².